The van der Waals surface area contributed by atoms with Gasteiger partial charge in [0.05, 0.1) is 0 Å². The molecule has 4 aromatic heterocycles. The summed E-state index contributed by atoms with van der Waals surface area (Å²) in [5, 5.41) is 13.9. The number of H-pyrrole nitrogens is 4. The summed E-state index contributed by atoms with van der Waals surface area (Å²) in [5.74, 6) is 0. The first-order valence-electron chi connectivity index (χ1n) is 13.6. The molecule has 0 radical (unpaired) electrons. The molecule has 0 amide bonds. The summed E-state index contributed by atoms with van der Waals surface area (Å²) in [6.45, 7) is 0. The Morgan fingerprint density at radius 2 is 0.488 bits per heavy atom. The van der Waals surface area contributed by atoms with Crippen LogP contribution < -0.4 is 21.4 Å². The number of rotatable bonds is 0. The van der Waals surface area contributed by atoms with Crippen LogP contribution in [0.1, 0.15) is 22.8 Å². The van der Waals surface area contributed by atoms with Crippen LogP contribution in [-0.2, 0) is 20.4 Å². The Kier molecular flexibility index (Phi) is 5.34. The van der Waals surface area contributed by atoms with Crippen molar-refractivity contribution in [1.29, 1.82) is 0 Å². The summed E-state index contributed by atoms with van der Waals surface area (Å²) >= 11 is 0. The Morgan fingerprint density at radius 3 is 0.732 bits per heavy atom. The van der Waals surface area contributed by atoms with E-state index in [-0.39, 0.29) is 20.4 Å². The number of hydrogen-bond donors (Lipinski definition) is 4. The van der Waals surface area contributed by atoms with Crippen molar-refractivity contribution in [2.45, 2.75) is 0 Å². The molecule has 8 bridgehead atoms. The standard InChI is InChI=1S/C36H24N4.Pd/c1-2-10-22-21(9-1)29-17-31-23-11-3-4-12-24(23)33(38-31)19-35-27-15-7-8-16-28(27)36(40-35)20-34-26-14-6-5-13-25(26)32(39-34)18-30(22)37-29;/h1-20,37-40H;. The van der Waals surface area contributed by atoms with Gasteiger partial charge in [0, 0.05) is 108 Å². The fraction of sp³-hybridized carbons (Fsp3) is 0. The predicted molar refractivity (Wildman–Crippen MR) is 166 cm³/mol. The van der Waals surface area contributed by atoms with Crippen LogP contribution in [0.25, 0.3) is 67.4 Å². The number of aromatic amines is 4. The molecule has 0 fully saturated rings. The molecular weight excluding hydrogens is 595 g/mol. The van der Waals surface area contributed by atoms with Crippen molar-refractivity contribution in [1.82, 2.24) is 19.9 Å². The van der Waals surface area contributed by atoms with Gasteiger partial charge >= 0.3 is 0 Å². The fourth-order valence-electron chi connectivity index (χ4n) is 6.42. The van der Waals surface area contributed by atoms with Gasteiger partial charge in [0.1, 0.15) is 0 Å². The number of nitrogens with one attached hydrogen (secondary N) is 4. The van der Waals surface area contributed by atoms with E-state index >= 15 is 0 Å². The molecule has 4 aromatic carbocycles. The zero-order chi connectivity index (χ0) is 26.2. The third-order valence-corrected chi connectivity index (χ3v) is 8.26. The monoisotopic (exact) mass is 618 g/mol. The van der Waals surface area contributed by atoms with E-state index in [0.29, 0.717) is 0 Å². The summed E-state index contributed by atoms with van der Waals surface area (Å²) < 4.78 is 0. The average Bonchev–Trinajstić information content (AvgIpc) is 3.73. The van der Waals surface area contributed by atoms with Crippen molar-refractivity contribution in [2.75, 3.05) is 0 Å². The molecule has 1 aliphatic rings. The van der Waals surface area contributed by atoms with Crippen molar-refractivity contribution in [3.63, 3.8) is 0 Å². The number of benzene rings is 4. The Morgan fingerprint density at radius 1 is 0.268 bits per heavy atom. The quantitative estimate of drug-likeness (QED) is 0.168. The summed E-state index contributed by atoms with van der Waals surface area (Å²) in [6, 6.07) is 34.4. The van der Waals surface area contributed by atoms with Crippen LogP contribution in [0.5, 0.6) is 0 Å². The van der Waals surface area contributed by atoms with Crippen molar-refractivity contribution in [3.05, 3.63) is 141 Å². The molecule has 0 saturated heterocycles. The van der Waals surface area contributed by atoms with Gasteiger partial charge < -0.3 is 19.9 Å². The van der Waals surface area contributed by atoms with E-state index in [1.807, 2.05) is 0 Å². The molecule has 9 rings (SSSR count). The van der Waals surface area contributed by atoms with Crippen molar-refractivity contribution >= 4 is 67.4 Å². The zero-order valence-electron chi connectivity index (χ0n) is 21.9. The molecule has 41 heavy (non-hydrogen) atoms. The molecule has 1 aliphatic heterocycles. The van der Waals surface area contributed by atoms with Gasteiger partial charge in [-0.15, -0.1) is 0 Å². The summed E-state index contributed by atoms with van der Waals surface area (Å²) in [6.07, 6.45) is 8.98. The molecule has 5 heteroatoms. The Bertz CT molecular complexity index is 2210. The normalized spacial score (nSPS) is 12.5. The third kappa shape index (κ3) is 3.64. The van der Waals surface area contributed by atoms with E-state index in [4.69, 9.17) is 0 Å². The van der Waals surface area contributed by atoms with Gasteiger partial charge in [-0.05, 0) is 24.3 Å². The molecule has 4 N–H and O–H groups in total. The number of fused-ring (bicyclic) bond motifs is 20. The minimum Gasteiger partial charge on any atom is -0.354 e. The molecule has 0 unspecified atom stereocenters. The van der Waals surface area contributed by atoms with Crippen LogP contribution in [0.2, 0.25) is 0 Å². The van der Waals surface area contributed by atoms with Crippen LogP contribution in [0.4, 0.5) is 0 Å². The van der Waals surface area contributed by atoms with Gasteiger partial charge in [-0.1, -0.05) is 97.1 Å². The minimum absolute atomic E-state index is 0. The SMILES string of the molecule is C1=c2[nH]c(c3ccccc23)=Cc2[nH]c(c3ccccc23)C=c2[nH]c(c3ccccc23)=Cc2[nH]c1c1ccccc21.[Pd]. The molecular formula is C36H24N4Pd. The molecule has 198 valence electrons. The Balaban J connectivity index is 0.00000256. The van der Waals surface area contributed by atoms with Crippen LogP contribution in [0, 0.1) is 0 Å². The summed E-state index contributed by atoms with van der Waals surface area (Å²) in [4.78, 5) is 15.0. The van der Waals surface area contributed by atoms with Crippen LogP contribution >= 0.6 is 0 Å². The predicted octanol–water partition coefficient (Wildman–Crippen LogP) is 5.24. The maximum Gasteiger partial charge on any atom is 0.0485 e. The largest absolute Gasteiger partial charge is 0.354 e. The Labute approximate surface area is 248 Å². The first kappa shape index (κ1) is 24.0. The van der Waals surface area contributed by atoms with Gasteiger partial charge in [-0.25, -0.2) is 0 Å². The van der Waals surface area contributed by atoms with Gasteiger partial charge in [0.2, 0.25) is 0 Å². The second kappa shape index (κ2) is 9.11. The van der Waals surface area contributed by atoms with Crippen LogP contribution in [-0.4, -0.2) is 19.9 Å². The first-order chi connectivity index (χ1) is 19.8. The third-order valence-electron chi connectivity index (χ3n) is 8.26. The number of hydrogen-bond acceptors (Lipinski definition) is 0. The van der Waals surface area contributed by atoms with E-state index in [9.17, 15) is 0 Å². The summed E-state index contributed by atoms with van der Waals surface area (Å²) in [7, 11) is 0. The number of aromatic nitrogens is 4. The molecule has 4 nitrogen and oxygen atoms in total. The average molecular weight is 619 g/mol. The smallest absolute Gasteiger partial charge is 0.0485 e. The van der Waals surface area contributed by atoms with Gasteiger partial charge in [-0.2, -0.15) is 0 Å². The summed E-state index contributed by atoms with van der Waals surface area (Å²) in [5.41, 5.74) is 4.34. The van der Waals surface area contributed by atoms with E-state index in [2.05, 4.69) is 141 Å². The van der Waals surface area contributed by atoms with Gasteiger partial charge in [0.15, 0.2) is 0 Å². The first-order valence-corrected chi connectivity index (χ1v) is 13.6. The van der Waals surface area contributed by atoms with Crippen LogP contribution in [0.3, 0.4) is 0 Å². The van der Waals surface area contributed by atoms with E-state index < -0.39 is 0 Å². The van der Waals surface area contributed by atoms with Crippen LogP contribution in [0.15, 0.2) is 97.1 Å². The fourth-order valence-corrected chi connectivity index (χ4v) is 6.42. The van der Waals surface area contributed by atoms with Crippen molar-refractivity contribution < 1.29 is 20.4 Å². The molecule has 0 spiro atoms. The molecule has 0 aliphatic carbocycles. The van der Waals surface area contributed by atoms with Crippen molar-refractivity contribution in [2.24, 2.45) is 0 Å². The zero-order valence-corrected chi connectivity index (χ0v) is 23.4. The topological polar surface area (TPSA) is 63.2 Å². The van der Waals surface area contributed by atoms with Gasteiger partial charge in [-0.3, -0.25) is 0 Å². The second-order valence-electron chi connectivity index (χ2n) is 10.6. The van der Waals surface area contributed by atoms with Crippen molar-refractivity contribution in [3.8, 4) is 0 Å². The molecule has 5 heterocycles. The maximum absolute atomic E-state index is 3.75. The minimum atomic E-state index is 0. The second-order valence-corrected chi connectivity index (χ2v) is 10.6. The van der Waals surface area contributed by atoms with E-state index in [1.54, 1.807) is 0 Å². The Hall–Kier alpha value is -4.82. The van der Waals surface area contributed by atoms with Gasteiger partial charge in [0.25, 0.3) is 0 Å². The van der Waals surface area contributed by atoms with E-state index in [1.165, 1.54) is 43.1 Å². The molecule has 0 atom stereocenters. The molecule has 0 saturated carbocycles. The maximum atomic E-state index is 3.75. The molecule has 8 aromatic rings. The van der Waals surface area contributed by atoms with E-state index in [0.717, 1.165) is 44.2 Å².